The standard InChI is InChI=1S/C21H32N2OS/c1-16-8-11-22(12-9-16)14-17-5-4-10-23(15-17)21(24)20-13-18-6-2-3-7-19(18)25-20/h13,16-17H,2-12,14-15H2,1H3. The first kappa shape index (κ1) is 17.5. The van der Waals surface area contributed by atoms with E-state index in [9.17, 15) is 4.79 Å². The second-order valence-corrected chi connectivity index (χ2v) is 9.65. The van der Waals surface area contributed by atoms with E-state index in [1.807, 2.05) is 0 Å². The molecule has 0 radical (unpaired) electrons. The van der Waals surface area contributed by atoms with E-state index in [-0.39, 0.29) is 0 Å². The second-order valence-electron chi connectivity index (χ2n) is 8.51. The molecule has 1 unspecified atom stereocenters. The van der Waals surface area contributed by atoms with Gasteiger partial charge in [0, 0.05) is 24.5 Å². The van der Waals surface area contributed by atoms with Gasteiger partial charge in [-0.05, 0) is 87.9 Å². The number of thiophene rings is 1. The molecule has 3 heterocycles. The third kappa shape index (κ3) is 4.11. The summed E-state index contributed by atoms with van der Waals surface area (Å²) in [5, 5.41) is 0. The summed E-state index contributed by atoms with van der Waals surface area (Å²) in [6.07, 6.45) is 10.1. The van der Waals surface area contributed by atoms with Crippen LogP contribution in [0.15, 0.2) is 6.07 Å². The molecule has 1 aromatic rings. The van der Waals surface area contributed by atoms with E-state index in [2.05, 4.69) is 22.8 Å². The number of amides is 1. The molecule has 0 aromatic carbocycles. The molecule has 3 nitrogen and oxygen atoms in total. The Labute approximate surface area is 156 Å². The van der Waals surface area contributed by atoms with E-state index >= 15 is 0 Å². The topological polar surface area (TPSA) is 23.6 Å². The highest BCUT2D eigenvalue weighted by molar-refractivity contribution is 7.14. The Bertz CT molecular complexity index is 580. The van der Waals surface area contributed by atoms with Gasteiger partial charge in [0.05, 0.1) is 4.88 Å². The lowest BCUT2D eigenvalue weighted by Crippen LogP contribution is -2.45. The van der Waals surface area contributed by atoms with Crippen LogP contribution in [0.4, 0.5) is 0 Å². The van der Waals surface area contributed by atoms with Gasteiger partial charge in [-0.25, -0.2) is 0 Å². The highest BCUT2D eigenvalue weighted by Gasteiger charge is 2.28. The van der Waals surface area contributed by atoms with E-state index < -0.39 is 0 Å². The number of fused-ring (bicyclic) bond motifs is 1. The van der Waals surface area contributed by atoms with Crippen LogP contribution in [0.3, 0.4) is 0 Å². The van der Waals surface area contributed by atoms with E-state index in [0.29, 0.717) is 11.8 Å². The van der Waals surface area contributed by atoms with Crippen molar-refractivity contribution >= 4 is 17.2 Å². The van der Waals surface area contributed by atoms with Crippen molar-refractivity contribution in [1.29, 1.82) is 0 Å². The Kier molecular flexibility index (Phi) is 5.47. The first-order valence-electron chi connectivity index (χ1n) is 10.3. The number of aryl methyl sites for hydroxylation is 2. The minimum absolute atomic E-state index is 0.302. The van der Waals surface area contributed by atoms with Gasteiger partial charge in [-0.1, -0.05) is 6.92 Å². The monoisotopic (exact) mass is 360 g/mol. The van der Waals surface area contributed by atoms with E-state index in [1.54, 1.807) is 11.3 Å². The number of rotatable bonds is 3. The molecular weight excluding hydrogens is 328 g/mol. The van der Waals surface area contributed by atoms with Gasteiger partial charge < -0.3 is 9.80 Å². The van der Waals surface area contributed by atoms with Crippen LogP contribution >= 0.6 is 11.3 Å². The first-order valence-corrected chi connectivity index (χ1v) is 11.1. The van der Waals surface area contributed by atoms with Crippen LogP contribution in [0.25, 0.3) is 0 Å². The predicted octanol–water partition coefficient (Wildman–Crippen LogP) is 4.21. The number of likely N-dealkylation sites (tertiary alicyclic amines) is 2. The van der Waals surface area contributed by atoms with Gasteiger partial charge in [0.2, 0.25) is 0 Å². The molecule has 0 bridgehead atoms. The number of hydrogen-bond donors (Lipinski definition) is 0. The lowest BCUT2D eigenvalue weighted by Gasteiger charge is -2.37. The van der Waals surface area contributed by atoms with E-state index in [0.717, 1.165) is 23.9 Å². The maximum atomic E-state index is 13.0. The Morgan fingerprint density at radius 1 is 1.12 bits per heavy atom. The van der Waals surface area contributed by atoms with Gasteiger partial charge in [0.15, 0.2) is 0 Å². The molecule has 2 aliphatic heterocycles. The van der Waals surface area contributed by atoms with Crippen LogP contribution in [-0.4, -0.2) is 48.4 Å². The smallest absolute Gasteiger partial charge is 0.263 e. The maximum Gasteiger partial charge on any atom is 0.263 e. The third-order valence-corrected chi connectivity index (χ3v) is 7.63. The van der Waals surface area contributed by atoms with Crippen LogP contribution in [0.2, 0.25) is 0 Å². The first-order chi connectivity index (χ1) is 12.2. The molecule has 1 aromatic heterocycles. The zero-order valence-electron chi connectivity index (χ0n) is 15.6. The van der Waals surface area contributed by atoms with E-state index in [1.165, 1.54) is 81.4 Å². The van der Waals surface area contributed by atoms with Crippen LogP contribution in [-0.2, 0) is 12.8 Å². The third-order valence-electron chi connectivity index (χ3n) is 6.41. The molecule has 2 saturated heterocycles. The average Bonchev–Trinajstić information content (AvgIpc) is 3.07. The zero-order chi connectivity index (χ0) is 17.2. The molecule has 1 amide bonds. The molecule has 1 aliphatic carbocycles. The molecule has 0 spiro atoms. The zero-order valence-corrected chi connectivity index (χ0v) is 16.5. The van der Waals surface area contributed by atoms with Gasteiger partial charge in [0.1, 0.15) is 0 Å². The van der Waals surface area contributed by atoms with Crippen molar-refractivity contribution in [3.8, 4) is 0 Å². The van der Waals surface area contributed by atoms with Gasteiger partial charge in [-0.2, -0.15) is 0 Å². The molecule has 2 fully saturated rings. The van der Waals surface area contributed by atoms with Gasteiger partial charge in [-0.3, -0.25) is 4.79 Å². The Balaban J connectivity index is 1.35. The maximum absolute atomic E-state index is 13.0. The van der Waals surface area contributed by atoms with Crippen molar-refractivity contribution in [2.45, 2.75) is 58.3 Å². The Morgan fingerprint density at radius 3 is 2.72 bits per heavy atom. The van der Waals surface area contributed by atoms with Crippen molar-refractivity contribution in [3.63, 3.8) is 0 Å². The molecule has 3 aliphatic rings. The summed E-state index contributed by atoms with van der Waals surface area (Å²) in [5.41, 5.74) is 1.45. The van der Waals surface area contributed by atoms with Crippen molar-refractivity contribution in [1.82, 2.24) is 9.80 Å². The van der Waals surface area contributed by atoms with Crippen molar-refractivity contribution in [2.75, 3.05) is 32.7 Å². The lowest BCUT2D eigenvalue weighted by molar-refractivity contribution is 0.0627. The summed E-state index contributed by atoms with van der Waals surface area (Å²) in [6, 6.07) is 2.21. The van der Waals surface area contributed by atoms with Crippen molar-refractivity contribution < 1.29 is 4.79 Å². The number of carbonyl (C=O) groups excluding carboxylic acids is 1. The molecule has 0 saturated carbocycles. The van der Waals surface area contributed by atoms with Crippen LogP contribution in [0.1, 0.15) is 65.6 Å². The molecule has 4 heteroatoms. The lowest BCUT2D eigenvalue weighted by atomic mass is 9.94. The minimum atomic E-state index is 0.302. The Hall–Kier alpha value is -0.870. The van der Waals surface area contributed by atoms with Crippen LogP contribution in [0.5, 0.6) is 0 Å². The summed E-state index contributed by atoms with van der Waals surface area (Å²) in [4.78, 5) is 20.3. The fraction of sp³-hybridized carbons (Fsp3) is 0.762. The average molecular weight is 361 g/mol. The number of nitrogens with zero attached hydrogens (tertiary/aromatic N) is 2. The number of piperidine rings is 2. The van der Waals surface area contributed by atoms with Gasteiger partial charge in [0.25, 0.3) is 5.91 Å². The SMILES string of the molecule is CC1CCN(CC2CCCN(C(=O)c3cc4c(s3)CCCC4)C2)CC1. The highest BCUT2D eigenvalue weighted by Crippen LogP contribution is 2.31. The second kappa shape index (κ2) is 7.79. The fourth-order valence-electron chi connectivity index (χ4n) is 4.76. The highest BCUT2D eigenvalue weighted by atomic mass is 32.1. The summed E-state index contributed by atoms with van der Waals surface area (Å²) in [5.74, 6) is 1.86. The fourth-order valence-corrected chi connectivity index (χ4v) is 5.98. The van der Waals surface area contributed by atoms with Crippen LogP contribution in [0, 0.1) is 11.8 Å². The molecular formula is C21H32N2OS. The molecule has 138 valence electrons. The summed E-state index contributed by atoms with van der Waals surface area (Å²) < 4.78 is 0. The van der Waals surface area contributed by atoms with E-state index in [4.69, 9.17) is 0 Å². The Morgan fingerprint density at radius 2 is 1.92 bits per heavy atom. The summed E-state index contributed by atoms with van der Waals surface area (Å²) >= 11 is 1.77. The molecule has 25 heavy (non-hydrogen) atoms. The number of hydrogen-bond acceptors (Lipinski definition) is 3. The normalized spacial score (nSPS) is 25.8. The van der Waals surface area contributed by atoms with Gasteiger partial charge in [-0.15, -0.1) is 11.3 Å². The molecule has 1 atom stereocenters. The summed E-state index contributed by atoms with van der Waals surface area (Å²) in [6.45, 7) is 7.99. The van der Waals surface area contributed by atoms with Gasteiger partial charge >= 0.3 is 0 Å². The largest absolute Gasteiger partial charge is 0.338 e. The quantitative estimate of drug-likeness (QED) is 0.806. The number of carbonyl (C=O) groups is 1. The molecule has 0 N–H and O–H groups in total. The van der Waals surface area contributed by atoms with Crippen molar-refractivity contribution in [3.05, 3.63) is 21.4 Å². The summed E-state index contributed by atoms with van der Waals surface area (Å²) in [7, 11) is 0. The minimum Gasteiger partial charge on any atom is -0.338 e. The molecule has 4 rings (SSSR count). The predicted molar refractivity (Wildman–Crippen MR) is 104 cm³/mol. The van der Waals surface area contributed by atoms with Crippen LogP contribution < -0.4 is 0 Å². The van der Waals surface area contributed by atoms with Crippen molar-refractivity contribution in [2.24, 2.45) is 11.8 Å².